The Balaban J connectivity index is 1.25. The van der Waals surface area contributed by atoms with Crippen molar-refractivity contribution in [3.05, 3.63) is 22.8 Å². The van der Waals surface area contributed by atoms with E-state index < -0.39 is 11.7 Å². The van der Waals surface area contributed by atoms with Gasteiger partial charge in [0.15, 0.2) is 0 Å². The van der Waals surface area contributed by atoms with Gasteiger partial charge in [-0.15, -0.1) is 0 Å². The largest absolute Gasteiger partial charge is 0.444 e. The number of ether oxygens (including phenoxy) is 1. The molecule has 4 aliphatic rings. The maximum atomic E-state index is 13.0. The lowest BCUT2D eigenvalue weighted by molar-refractivity contribution is -0.0503. The number of halogens is 1. The number of nitrogens with zero attached hydrogens (tertiary/aromatic N) is 1. The molecule has 0 radical (unpaired) electrons. The van der Waals surface area contributed by atoms with Gasteiger partial charge in [-0.25, -0.2) is 9.78 Å². The third-order valence-electron chi connectivity index (χ3n) is 7.24. The summed E-state index contributed by atoms with van der Waals surface area (Å²) in [7, 11) is 0. The monoisotopic (exact) mass is 476 g/mol. The van der Waals surface area contributed by atoms with Crippen molar-refractivity contribution in [3.8, 4) is 0 Å². The van der Waals surface area contributed by atoms with Crippen molar-refractivity contribution in [1.29, 1.82) is 0 Å². The maximum absolute atomic E-state index is 13.0. The Labute approximate surface area is 201 Å². The second-order valence-electron chi connectivity index (χ2n) is 11.3. The van der Waals surface area contributed by atoms with Crippen molar-refractivity contribution in [1.82, 2.24) is 15.6 Å². The normalized spacial score (nSPS) is 27.8. The highest BCUT2D eigenvalue weighted by Gasteiger charge is 2.50. The van der Waals surface area contributed by atoms with E-state index in [2.05, 4.69) is 20.9 Å². The quantitative estimate of drug-likeness (QED) is 0.459. The summed E-state index contributed by atoms with van der Waals surface area (Å²) in [6.45, 7) is 7.24. The molecule has 2 amide bonds. The SMILES string of the molecule is CC(C)(C)OC(=O)NCCCNc1nccc(C(=O)NCC23CC4CC(CC(C4)C2)C3)c1Cl. The van der Waals surface area contributed by atoms with Crippen LogP contribution in [-0.4, -0.2) is 42.2 Å². The maximum Gasteiger partial charge on any atom is 0.407 e. The van der Waals surface area contributed by atoms with Crippen molar-refractivity contribution >= 4 is 29.4 Å². The minimum Gasteiger partial charge on any atom is -0.444 e. The van der Waals surface area contributed by atoms with E-state index in [0.29, 0.717) is 35.9 Å². The first kappa shape index (κ1) is 24.1. The first-order chi connectivity index (χ1) is 15.6. The minimum absolute atomic E-state index is 0.132. The second kappa shape index (κ2) is 9.69. The van der Waals surface area contributed by atoms with Crippen LogP contribution in [0.1, 0.15) is 76.1 Å². The zero-order valence-corrected chi connectivity index (χ0v) is 20.8. The highest BCUT2D eigenvalue weighted by atomic mass is 35.5. The third-order valence-corrected chi connectivity index (χ3v) is 7.62. The van der Waals surface area contributed by atoms with Crippen LogP contribution >= 0.6 is 11.6 Å². The molecule has 5 rings (SSSR count). The highest BCUT2D eigenvalue weighted by Crippen LogP contribution is 2.59. The fourth-order valence-corrected chi connectivity index (χ4v) is 6.68. The summed E-state index contributed by atoms with van der Waals surface area (Å²) in [5.74, 6) is 2.93. The Bertz CT molecular complexity index is 848. The molecular weight excluding hydrogens is 440 g/mol. The summed E-state index contributed by atoms with van der Waals surface area (Å²) >= 11 is 6.52. The molecule has 0 saturated heterocycles. The van der Waals surface area contributed by atoms with E-state index in [1.54, 1.807) is 12.3 Å². The summed E-state index contributed by atoms with van der Waals surface area (Å²) in [6, 6.07) is 1.67. The number of amides is 2. The van der Waals surface area contributed by atoms with Gasteiger partial charge >= 0.3 is 6.09 Å². The molecule has 3 N–H and O–H groups in total. The van der Waals surface area contributed by atoms with E-state index in [1.807, 2.05) is 20.8 Å². The van der Waals surface area contributed by atoms with Crippen molar-refractivity contribution in [2.24, 2.45) is 23.2 Å². The average molecular weight is 477 g/mol. The van der Waals surface area contributed by atoms with Crippen LogP contribution < -0.4 is 16.0 Å². The molecule has 182 valence electrons. The van der Waals surface area contributed by atoms with Gasteiger partial charge in [0.1, 0.15) is 11.4 Å². The smallest absolute Gasteiger partial charge is 0.407 e. The molecule has 4 fully saturated rings. The molecule has 8 heteroatoms. The molecule has 0 aromatic carbocycles. The van der Waals surface area contributed by atoms with Gasteiger partial charge in [0.25, 0.3) is 5.91 Å². The first-order valence-corrected chi connectivity index (χ1v) is 12.6. The number of carbonyl (C=O) groups excluding carboxylic acids is 2. The predicted octanol–water partition coefficient (Wildman–Crippen LogP) is 5.01. The number of anilines is 1. The number of nitrogens with one attached hydrogen (secondary N) is 3. The van der Waals surface area contributed by atoms with E-state index in [1.165, 1.54) is 38.5 Å². The second-order valence-corrected chi connectivity index (χ2v) is 11.7. The number of aromatic nitrogens is 1. The van der Waals surface area contributed by atoms with E-state index in [0.717, 1.165) is 24.3 Å². The molecule has 1 aromatic heterocycles. The van der Waals surface area contributed by atoms with Gasteiger partial charge in [-0.1, -0.05) is 11.6 Å². The lowest BCUT2D eigenvalue weighted by Gasteiger charge is -2.56. The Morgan fingerprint density at radius 3 is 2.33 bits per heavy atom. The molecule has 7 nitrogen and oxygen atoms in total. The summed E-state index contributed by atoms with van der Waals surface area (Å²) in [4.78, 5) is 28.9. The standard InChI is InChI=1S/C25H37ClN4O3/c1-24(2,3)33-23(32)29-7-4-6-27-21-20(26)19(5-8-28-21)22(31)30-15-25-12-16-9-17(13-25)11-18(10-16)14-25/h5,8,16-18H,4,6-7,9-15H2,1-3H3,(H,27,28)(H,29,32)(H,30,31). The van der Waals surface area contributed by atoms with Crippen molar-refractivity contribution < 1.29 is 14.3 Å². The van der Waals surface area contributed by atoms with Crippen LogP contribution in [0.2, 0.25) is 5.02 Å². The summed E-state index contributed by atoms with van der Waals surface area (Å²) < 4.78 is 5.22. The lowest BCUT2D eigenvalue weighted by atomic mass is 9.49. The molecule has 0 unspecified atom stereocenters. The zero-order valence-electron chi connectivity index (χ0n) is 20.0. The first-order valence-electron chi connectivity index (χ1n) is 12.3. The van der Waals surface area contributed by atoms with Gasteiger partial charge in [0, 0.05) is 25.8 Å². The topological polar surface area (TPSA) is 92.3 Å². The number of hydrogen-bond acceptors (Lipinski definition) is 5. The average Bonchev–Trinajstić information content (AvgIpc) is 2.71. The van der Waals surface area contributed by atoms with Crippen molar-refractivity contribution in [2.75, 3.05) is 25.0 Å². The van der Waals surface area contributed by atoms with E-state index in [-0.39, 0.29) is 11.3 Å². The summed E-state index contributed by atoms with van der Waals surface area (Å²) in [5, 5.41) is 9.41. The van der Waals surface area contributed by atoms with Crippen LogP contribution in [0.5, 0.6) is 0 Å². The fraction of sp³-hybridized carbons (Fsp3) is 0.720. The summed E-state index contributed by atoms with van der Waals surface area (Å²) in [5.41, 5.74) is 0.216. The molecule has 4 saturated carbocycles. The predicted molar refractivity (Wildman–Crippen MR) is 130 cm³/mol. The van der Waals surface area contributed by atoms with E-state index in [4.69, 9.17) is 16.3 Å². The molecule has 0 aliphatic heterocycles. The number of alkyl carbamates (subject to hydrolysis) is 1. The van der Waals surface area contributed by atoms with Crippen LogP contribution in [-0.2, 0) is 4.74 Å². The van der Waals surface area contributed by atoms with Gasteiger partial charge in [0.2, 0.25) is 0 Å². The Morgan fingerprint density at radius 2 is 1.73 bits per heavy atom. The van der Waals surface area contributed by atoms with Gasteiger partial charge in [-0.05, 0) is 95.0 Å². The van der Waals surface area contributed by atoms with Gasteiger partial charge in [0.05, 0.1) is 10.6 Å². The fourth-order valence-electron chi connectivity index (χ4n) is 6.41. The number of rotatable bonds is 8. The van der Waals surface area contributed by atoms with Crippen LogP contribution in [0, 0.1) is 23.2 Å². The molecule has 0 spiro atoms. The minimum atomic E-state index is -0.517. The molecule has 1 aromatic rings. The molecule has 33 heavy (non-hydrogen) atoms. The molecule has 0 atom stereocenters. The number of pyridine rings is 1. The van der Waals surface area contributed by atoms with Crippen LogP contribution in [0.15, 0.2) is 12.3 Å². The van der Waals surface area contributed by atoms with Gasteiger partial charge in [-0.2, -0.15) is 0 Å². The Kier molecular flexibility index (Phi) is 7.08. The number of hydrogen-bond donors (Lipinski definition) is 3. The zero-order chi connectivity index (χ0) is 23.6. The third kappa shape index (κ3) is 6.11. The molecule has 4 bridgehead atoms. The Morgan fingerprint density at radius 1 is 1.09 bits per heavy atom. The highest BCUT2D eigenvalue weighted by molar-refractivity contribution is 6.36. The molecular formula is C25H37ClN4O3. The van der Waals surface area contributed by atoms with Crippen LogP contribution in [0.3, 0.4) is 0 Å². The van der Waals surface area contributed by atoms with Crippen LogP contribution in [0.4, 0.5) is 10.6 Å². The van der Waals surface area contributed by atoms with E-state index >= 15 is 0 Å². The molecule has 1 heterocycles. The van der Waals surface area contributed by atoms with Gasteiger partial charge in [-0.3, -0.25) is 4.79 Å². The summed E-state index contributed by atoms with van der Waals surface area (Å²) in [6.07, 6.45) is 9.79. The van der Waals surface area contributed by atoms with Crippen LogP contribution in [0.25, 0.3) is 0 Å². The Hall–Kier alpha value is -2.02. The van der Waals surface area contributed by atoms with Gasteiger partial charge < -0.3 is 20.7 Å². The molecule has 4 aliphatic carbocycles. The van der Waals surface area contributed by atoms with E-state index in [9.17, 15) is 9.59 Å². The number of carbonyl (C=O) groups is 2. The lowest BCUT2D eigenvalue weighted by Crippen LogP contribution is -2.51. The van der Waals surface area contributed by atoms with Crippen molar-refractivity contribution in [2.45, 2.75) is 71.3 Å². The van der Waals surface area contributed by atoms with Crippen molar-refractivity contribution in [3.63, 3.8) is 0 Å².